The van der Waals surface area contributed by atoms with Gasteiger partial charge in [0, 0.05) is 13.0 Å². The molecule has 2 aliphatic rings. The zero-order valence-corrected chi connectivity index (χ0v) is 16.5. The van der Waals surface area contributed by atoms with Crippen LogP contribution in [0.4, 0.5) is 0 Å². The number of ether oxygens (including phenoxy) is 1. The zero-order valence-electron chi connectivity index (χ0n) is 16.5. The predicted octanol–water partition coefficient (Wildman–Crippen LogP) is 3.70. The van der Waals surface area contributed by atoms with Gasteiger partial charge in [-0.3, -0.25) is 9.69 Å². The van der Waals surface area contributed by atoms with Gasteiger partial charge in [0.25, 0.3) is 5.91 Å². The molecule has 4 rings (SSSR count). The van der Waals surface area contributed by atoms with Gasteiger partial charge in [-0.1, -0.05) is 6.92 Å². The predicted molar refractivity (Wildman–Crippen MR) is 107 cm³/mol. The molecule has 1 aromatic heterocycles. The van der Waals surface area contributed by atoms with Crippen LogP contribution in [0.5, 0.6) is 5.75 Å². The Morgan fingerprint density at radius 3 is 2.79 bits per heavy atom. The summed E-state index contributed by atoms with van der Waals surface area (Å²) in [6.07, 6.45) is 4.68. The summed E-state index contributed by atoms with van der Waals surface area (Å²) in [7, 11) is 1.65. The van der Waals surface area contributed by atoms with Crippen molar-refractivity contribution in [1.29, 1.82) is 0 Å². The van der Waals surface area contributed by atoms with Crippen LogP contribution in [0.15, 0.2) is 52.2 Å². The molecule has 1 fully saturated rings. The SMILES string of the molecule is COc1ccc(C2=NN(C(=O)CN3CCC[C@H](C)C3)[C@H](c3ccco3)C2)cc1. The first-order chi connectivity index (χ1) is 13.6. The fraction of sp³-hybridized carbons (Fsp3) is 0.455. The highest BCUT2D eigenvalue weighted by atomic mass is 16.5. The van der Waals surface area contributed by atoms with Crippen LogP contribution in [0.1, 0.15) is 43.6 Å². The van der Waals surface area contributed by atoms with Crippen LogP contribution < -0.4 is 4.74 Å². The van der Waals surface area contributed by atoms with Crippen LogP contribution in [0.25, 0.3) is 0 Å². The Balaban J connectivity index is 1.55. The third-order valence-electron chi connectivity index (χ3n) is 5.56. The molecule has 2 atom stereocenters. The van der Waals surface area contributed by atoms with Gasteiger partial charge in [0.15, 0.2) is 0 Å². The number of methoxy groups -OCH3 is 1. The standard InChI is InChI=1S/C22H27N3O3/c1-16-5-3-11-24(14-16)15-22(26)25-20(21-6-4-12-28-21)13-19(23-25)17-7-9-18(27-2)10-8-17/h4,6-10,12,16,20H,3,5,11,13-15H2,1-2H3/t16-,20-/m0/s1. The van der Waals surface area contributed by atoms with Crippen LogP contribution in [0, 0.1) is 5.92 Å². The summed E-state index contributed by atoms with van der Waals surface area (Å²) in [5.74, 6) is 2.24. The molecule has 0 saturated carbocycles. The summed E-state index contributed by atoms with van der Waals surface area (Å²) in [5.41, 5.74) is 1.89. The lowest BCUT2D eigenvalue weighted by Gasteiger charge is -2.31. The maximum atomic E-state index is 13.1. The van der Waals surface area contributed by atoms with E-state index in [9.17, 15) is 4.79 Å². The average Bonchev–Trinajstić information content (AvgIpc) is 3.38. The number of carbonyl (C=O) groups is 1. The number of rotatable bonds is 5. The minimum atomic E-state index is -0.193. The summed E-state index contributed by atoms with van der Waals surface area (Å²) in [6, 6.07) is 11.4. The van der Waals surface area contributed by atoms with Crippen molar-refractivity contribution >= 4 is 11.6 Å². The number of hydrogen-bond donors (Lipinski definition) is 0. The van der Waals surface area contributed by atoms with Gasteiger partial charge in [-0.2, -0.15) is 5.10 Å². The van der Waals surface area contributed by atoms with E-state index >= 15 is 0 Å². The van der Waals surface area contributed by atoms with Gasteiger partial charge in [-0.15, -0.1) is 0 Å². The number of carbonyl (C=O) groups excluding carboxylic acids is 1. The molecule has 1 saturated heterocycles. The lowest BCUT2D eigenvalue weighted by Crippen LogP contribution is -2.42. The minimum Gasteiger partial charge on any atom is -0.497 e. The van der Waals surface area contributed by atoms with E-state index < -0.39 is 0 Å². The minimum absolute atomic E-state index is 0.0269. The first-order valence-electron chi connectivity index (χ1n) is 9.94. The van der Waals surface area contributed by atoms with E-state index in [-0.39, 0.29) is 11.9 Å². The molecule has 3 heterocycles. The largest absolute Gasteiger partial charge is 0.497 e. The van der Waals surface area contributed by atoms with Crippen molar-refractivity contribution in [3.63, 3.8) is 0 Å². The second-order valence-corrected chi connectivity index (χ2v) is 7.73. The van der Waals surface area contributed by atoms with Gasteiger partial charge < -0.3 is 9.15 Å². The number of hydrazone groups is 1. The van der Waals surface area contributed by atoms with Crippen LogP contribution in [0.2, 0.25) is 0 Å². The van der Waals surface area contributed by atoms with E-state index in [0.717, 1.165) is 42.3 Å². The third kappa shape index (κ3) is 3.97. The first kappa shape index (κ1) is 18.7. The third-order valence-corrected chi connectivity index (χ3v) is 5.56. The number of piperidine rings is 1. The van der Waals surface area contributed by atoms with Crippen molar-refractivity contribution in [3.05, 3.63) is 54.0 Å². The quantitative estimate of drug-likeness (QED) is 0.792. The van der Waals surface area contributed by atoms with Gasteiger partial charge in [0.05, 0.1) is 25.6 Å². The number of hydrogen-bond acceptors (Lipinski definition) is 5. The second kappa shape index (κ2) is 8.19. The van der Waals surface area contributed by atoms with Crippen molar-refractivity contribution in [2.75, 3.05) is 26.7 Å². The molecule has 0 bridgehead atoms. The number of nitrogens with zero attached hydrogens (tertiary/aromatic N) is 3. The fourth-order valence-electron chi connectivity index (χ4n) is 4.09. The van der Waals surface area contributed by atoms with E-state index in [4.69, 9.17) is 14.3 Å². The van der Waals surface area contributed by atoms with E-state index in [1.54, 1.807) is 18.4 Å². The normalized spacial score (nSPS) is 22.9. The van der Waals surface area contributed by atoms with Crippen LogP contribution >= 0.6 is 0 Å². The molecule has 6 heteroatoms. The molecule has 1 aromatic carbocycles. The topological polar surface area (TPSA) is 58.3 Å². The fourth-order valence-corrected chi connectivity index (χ4v) is 4.09. The molecule has 2 aromatic rings. The van der Waals surface area contributed by atoms with Crippen molar-refractivity contribution in [3.8, 4) is 5.75 Å². The smallest absolute Gasteiger partial charge is 0.257 e. The zero-order chi connectivity index (χ0) is 19.5. The lowest BCUT2D eigenvalue weighted by atomic mass is 10.0. The van der Waals surface area contributed by atoms with E-state index in [1.165, 1.54) is 6.42 Å². The molecule has 1 amide bonds. The van der Waals surface area contributed by atoms with E-state index in [2.05, 4.69) is 11.8 Å². The summed E-state index contributed by atoms with van der Waals surface area (Å²) in [4.78, 5) is 15.4. The lowest BCUT2D eigenvalue weighted by molar-refractivity contribution is -0.135. The maximum absolute atomic E-state index is 13.1. The number of benzene rings is 1. The molecule has 6 nitrogen and oxygen atoms in total. The van der Waals surface area contributed by atoms with Gasteiger partial charge in [-0.25, -0.2) is 5.01 Å². The summed E-state index contributed by atoms with van der Waals surface area (Å²) in [6.45, 7) is 4.60. The van der Waals surface area contributed by atoms with Gasteiger partial charge in [-0.05, 0) is 67.3 Å². The molecule has 0 unspecified atom stereocenters. The second-order valence-electron chi connectivity index (χ2n) is 7.73. The molecular weight excluding hydrogens is 354 g/mol. The Hall–Kier alpha value is -2.60. The Morgan fingerprint density at radius 2 is 2.11 bits per heavy atom. The molecule has 0 spiro atoms. The average molecular weight is 381 g/mol. The Bertz CT molecular complexity index is 829. The van der Waals surface area contributed by atoms with Gasteiger partial charge >= 0.3 is 0 Å². The highest BCUT2D eigenvalue weighted by Crippen LogP contribution is 2.33. The molecule has 2 aliphatic heterocycles. The molecule has 0 radical (unpaired) electrons. The van der Waals surface area contributed by atoms with Crippen molar-refractivity contribution < 1.29 is 13.9 Å². The van der Waals surface area contributed by atoms with Gasteiger partial charge in [0.1, 0.15) is 17.6 Å². The maximum Gasteiger partial charge on any atom is 0.257 e. The van der Waals surface area contributed by atoms with Crippen molar-refractivity contribution in [2.24, 2.45) is 11.0 Å². The molecule has 28 heavy (non-hydrogen) atoms. The monoisotopic (exact) mass is 381 g/mol. The van der Waals surface area contributed by atoms with Crippen molar-refractivity contribution in [2.45, 2.75) is 32.2 Å². The van der Waals surface area contributed by atoms with Crippen LogP contribution in [0.3, 0.4) is 0 Å². The summed E-state index contributed by atoms with van der Waals surface area (Å²) in [5, 5.41) is 6.33. The Morgan fingerprint density at radius 1 is 1.29 bits per heavy atom. The number of furan rings is 1. The number of amides is 1. The Kier molecular flexibility index (Phi) is 5.48. The van der Waals surface area contributed by atoms with Gasteiger partial charge in [0.2, 0.25) is 0 Å². The molecular formula is C22H27N3O3. The highest BCUT2D eigenvalue weighted by Gasteiger charge is 2.35. The van der Waals surface area contributed by atoms with E-state index in [0.29, 0.717) is 18.9 Å². The van der Waals surface area contributed by atoms with E-state index in [1.807, 2.05) is 36.4 Å². The first-order valence-corrected chi connectivity index (χ1v) is 9.94. The molecule has 0 aliphatic carbocycles. The Labute approximate surface area is 165 Å². The molecule has 148 valence electrons. The summed E-state index contributed by atoms with van der Waals surface area (Å²) < 4.78 is 10.9. The molecule has 0 N–H and O–H groups in total. The van der Waals surface area contributed by atoms with Crippen LogP contribution in [-0.2, 0) is 4.79 Å². The summed E-state index contributed by atoms with van der Waals surface area (Å²) >= 11 is 0. The number of likely N-dealkylation sites (tertiary alicyclic amines) is 1. The highest BCUT2D eigenvalue weighted by molar-refractivity contribution is 6.03. The van der Waals surface area contributed by atoms with Crippen LogP contribution in [-0.4, -0.2) is 48.3 Å². The van der Waals surface area contributed by atoms with Crippen molar-refractivity contribution in [1.82, 2.24) is 9.91 Å².